The number of esters is 1. The van der Waals surface area contributed by atoms with Gasteiger partial charge in [0, 0.05) is 0 Å². The number of amides is 1. The SMILES string of the molecule is COC(=O)CN1C(=O)C(=Cc2ccc(C(C)C)cc2)SC1=S. The predicted octanol–water partition coefficient (Wildman–Crippen LogP) is 3.18. The van der Waals surface area contributed by atoms with E-state index in [9.17, 15) is 9.59 Å². The van der Waals surface area contributed by atoms with Crippen molar-refractivity contribution >= 4 is 46.3 Å². The monoisotopic (exact) mass is 335 g/mol. The summed E-state index contributed by atoms with van der Waals surface area (Å²) in [6.07, 6.45) is 1.79. The quantitative estimate of drug-likeness (QED) is 0.480. The number of ether oxygens (including phenoxy) is 1. The number of rotatable bonds is 4. The van der Waals surface area contributed by atoms with Gasteiger partial charge in [-0.25, -0.2) is 0 Å². The molecule has 0 radical (unpaired) electrons. The van der Waals surface area contributed by atoms with Crippen LogP contribution >= 0.6 is 24.0 Å². The van der Waals surface area contributed by atoms with Gasteiger partial charge in [0.05, 0.1) is 12.0 Å². The lowest BCUT2D eigenvalue weighted by atomic mass is 10.0. The zero-order valence-electron chi connectivity index (χ0n) is 12.7. The van der Waals surface area contributed by atoms with Gasteiger partial charge < -0.3 is 4.74 Å². The molecule has 0 saturated carbocycles. The molecule has 1 aromatic rings. The summed E-state index contributed by atoms with van der Waals surface area (Å²) in [6, 6.07) is 8.04. The molecule has 0 N–H and O–H groups in total. The third kappa shape index (κ3) is 3.75. The lowest BCUT2D eigenvalue weighted by molar-refractivity contribution is -0.143. The first-order valence-electron chi connectivity index (χ1n) is 6.84. The maximum absolute atomic E-state index is 12.3. The van der Waals surface area contributed by atoms with Gasteiger partial charge in [-0.15, -0.1) is 0 Å². The third-order valence-electron chi connectivity index (χ3n) is 3.29. The van der Waals surface area contributed by atoms with Crippen LogP contribution in [0.2, 0.25) is 0 Å². The van der Waals surface area contributed by atoms with Gasteiger partial charge in [-0.1, -0.05) is 62.1 Å². The first-order chi connectivity index (χ1) is 10.4. The van der Waals surface area contributed by atoms with Crippen molar-refractivity contribution in [1.29, 1.82) is 0 Å². The highest BCUT2D eigenvalue weighted by Crippen LogP contribution is 2.32. The fraction of sp³-hybridized carbons (Fsp3) is 0.312. The van der Waals surface area contributed by atoms with Gasteiger partial charge in [0.25, 0.3) is 5.91 Å². The summed E-state index contributed by atoms with van der Waals surface area (Å²) in [5.74, 6) is -0.278. The molecule has 2 rings (SSSR count). The first-order valence-corrected chi connectivity index (χ1v) is 8.07. The maximum atomic E-state index is 12.3. The Balaban J connectivity index is 2.17. The molecule has 1 aliphatic rings. The van der Waals surface area contributed by atoms with E-state index in [4.69, 9.17) is 12.2 Å². The first kappa shape index (κ1) is 16.7. The minimum absolute atomic E-state index is 0.148. The van der Waals surface area contributed by atoms with Crippen LogP contribution in [-0.4, -0.2) is 34.8 Å². The second-order valence-electron chi connectivity index (χ2n) is 5.17. The molecule has 1 heterocycles. The lowest BCUT2D eigenvalue weighted by Gasteiger charge is -2.11. The van der Waals surface area contributed by atoms with Crippen LogP contribution in [0.3, 0.4) is 0 Å². The Morgan fingerprint density at radius 2 is 2.00 bits per heavy atom. The number of nitrogens with zero attached hydrogens (tertiary/aromatic N) is 1. The van der Waals surface area contributed by atoms with Crippen molar-refractivity contribution in [3.8, 4) is 0 Å². The molecule has 1 aliphatic heterocycles. The molecule has 0 aliphatic carbocycles. The number of hydrogen-bond acceptors (Lipinski definition) is 5. The lowest BCUT2D eigenvalue weighted by Crippen LogP contribution is -2.33. The molecule has 6 heteroatoms. The topological polar surface area (TPSA) is 46.6 Å². The Morgan fingerprint density at radius 3 is 2.55 bits per heavy atom. The van der Waals surface area contributed by atoms with E-state index in [1.165, 1.54) is 29.3 Å². The van der Waals surface area contributed by atoms with Gasteiger partial charge in [-0.2, -0.15) is 0 Å². The highest BCUT2D eigenvalue weighted by molar-refractivity contribution is 8.26. The Bertz CT molecular complexity index is 635. The summed E-state index contributed by atoms with van der Waals surface area (Å²) in [5, 5.41) is 0. The Morgan fingerprint density at radius 1 is 1.36 bits per heavy atom. The number of carbonyl (C=O) groups excluding carboxylic acids is 2. The van der Waals surface area contributed by atoms with Crippen molar-refractivity contribution in [3.63, 3.8) is 0 Å². The summed E-state index contributed by atoms with van der Waals surface area (Å²) in [6.45, 7) is 4.12. The summed E-state index contributed by atoms with van der Waals surface area (Å²) in [5.41, 5.74) is 2.18. The van der Waals surface area contributed by atoms with Crippen LogP contribution in [0.1, 0.15) is 30.9 Å². The minimum atomic E-state index is -0.487. The average molecular weight is 335 g/mol. The molecule has 0 bridgehead atoms. The van der Waals surface area contributed by atoms with Crippen molar-refractivity contribution in [2.75, 3.05) is 13.7 Å². The van der Waals surface area contributed by atoms with E-state index in [0.717, 1.165) is 5.56 Å². The van der Waals surface area contributed by atoms with Crippen LogP contribution in [0.4, 0.5) is 0 Å². The molecule has 1 saturated heterocycles. The molecule has 116 valence electrons. The summed E-state index contributed by atoms with van der Waals surface area (Å²) in [7, 11) is 1.28. The van der Waals surface area contributed by atoms with Gasteiger partial charge in [0.15, 0.2) is 0 Å². The fourth-order valence-corrected chi connectivity index (χ4v) is 3.21. The second-order valence-corrected chi connectivity index (χ2v) is 6.84. The average Bonchev–Trinajstić information content (AvgIpc) is 2.75. The van der Waals surface area contributed by atoms with Gasteiger partial charge >= 0.3 is 5.97 Å². The molecule has 22 heavy (non-hydrogen) atoms. The molecule has 1 aromatic carbocycles. The molecule has 1 fully saturated rings. The van der Waals surface area contributed by atoms with E-state index in [1.54, 1.807) is 6.08 Å². The smallest absolute Gasteiger partial charge is 0.325 e. The number of benzene rings is 1. The molecular weight excluding hydrogens is 318 g/mol. The van der Waals surface area contributed by atoms with Gasteiger partial charge in [0.2, 0.25) is 0 Å². The van der Waals surface area contributed by atoms with Crippen molar-refractivity contribution < 1.29 is 14.3 Å². The van der Waals surface area contributed by atoms with Crippen LogP contribution in [0, 0.1) is 0 Å². The number of methoxy groups -OCH3 is 1. The van der Waals surface area contributed by atoms with Gasteiger partial charge in [-0.3, -0.25) is 14.5 Å². The zero-order valence-corrected chi connectivity index (χ0v) is 14.3. The number of thiocarbonyl (C=S) groups is 1. The van der Waals surface area contributed by atoms with E-state index in [-0.39, 0.29) is 12.5 Å². The Labute approximate surface area is 139 Å². The summed E-state index contributed by atoms with van der Waals surface area (Å²) < 4.78 is 4.95. The minimum Gasteiger partial charge on any atom is -0.468 e. The molecule has 0 unspecified atom stereocenters. The van der Waals surface area contributed by atoms with Gasteiger partial charge in [0.1, 0.15) is 10.9 Å². The van der Waals surface area contributed by atoms with Crippen molar-refractivity contribution in [1.82, 2.24) is 4.90 Å². The van der Waals surface area contributed by atoms with Crippen LogP contribution in [0.15, 0.2) is 29.2 Å². The second kappa shape index (κ2) is 7.07. The number of hydrogen-bond donors (Lipinski definition) is 0. The third-order valence-corrected chi connectivity index (χ3v) is 4.67. The van der Waals surface area contributed by atoms with Gasteiger partial charge in [-0.05, 0) is 23.1 Å². The standard InChI is InChI=1S/C16H17NO3S2/c1-10(2)12-6-4-11(5-7-12)8-13-15(19)17(16(21)22-13)9-14(18)20-3/h4-8,10H,9H2,1-3H3. The summed E-state index contributed by atoms with van der Waals surface area (Å²) >= 11 is 6.35. The van der Waals surface area contributed by atoms with Crippen molar-refractivity contribution in [2.45, 2.75) is 19.8 Å². The molecule has 0 spiro atoms. The highest BCUT2D eigenvalue weighted by atomic mass is 32.2. The number of thioether (sulfide) groups is 1. The van der Waals surface area contributed by atoms with Crippen molar-refractivity contribution in [2.24, 2.45) is 0 Å². The van der Waals surface area contributed by atoms with E-state index in [0.29, 0.717) is 15.1 Å². The Hall–Kier alpha value is -1.66. The van der Waals surface area contributed by atoms with Crippen LogP contribution in [-0.2, 0) is 14.3 Å². The largest absolute Gasteiger partial charge is 0.468 e. The fourth-order valence-electron chi connectivity index (χ4n) is 1.96. The van der Waals surface area contributed by atoms with E-state index >= 15 is 0 Å². The highest BCUT2D eigenvalue weighted by Gasteiger charge is 2.33. The normalized spacial score (nSPS) is 16.7. The predicted molar refractivity (Wildman–Crippen MR) is 92.4 cm³/mol. The van der Waals surface area contributed by atoms with E-state index in [1.807, 2.05) is 24.3 Å². The van der Waals surface area contributed by atoms with Crippen LogP contribution in [0.25, 0.3) is 6.08 Å². The molecule has 0 aromatic heterocycles. The molecule has 4 nitrogen and oxygen atoms in total. The molecule has 0 atom stereocenters. The van der Waals surface area contributed by atoms with Crippen LogP contribution in [0.5, 0.6) is 0 Å². The number of carbonyl (C=O) groups is 2. The summed E-state index contributed by atoms with van der Waals surface area (Å²) in [4.78, 5) is 25.4. The van der Waals surface area contributed by atoms with Crippen molar-refractivity contribution in [3.05, 3.63) is 40.3 Å². The van der Waals surface area contributed by atoms with Crippen LogP contribution < -0.4 is 0 Å². The van der Waals surface area contributed by atoms with E-state index in [2.05, 4.69) is 18.6 Å². The zero-order chi connectivity index (χ0) is 16.3. The molecular formula is C16H17NO3S2. The Kier molecular flexibility index (Phi) is 5.37. The molecule has 1 amide bonds. The van der Waals surface area contributed by atoms with E-state index < -0.39 is 5.97 Å². The maximum Gasteiger partial charge on any atom is 0.325 e.